The Morgan fingerprint density at radius 2 is 1.69 bits per heavy atom. The summed E-state index contributed by atoms with van der Waals surface area (Å²) in [6.45, 7) is 9.67. The largest absolute Gasteiger partial charge is 0.387 e. The van der Waals surface area contributed by atoms with Crippen LogP contribution < -0.4 is 11.3 Å². The van der Waals surface area contributed by atoms with E-state index in [0.717, 1.165) is 29.5 Å². The van der Waals surface area contributed by atoms with Gasteiger partial charge in [-0.1, -0.05) is 32.0 Å². The number of nitrogens with two attached hydrogens (primary N) is 1. The van der Waals surface area contributed by atoms with E-state index in [1.807, 2.05) is 41.3 Å². The molecule has 11 heteroatoms. The SMILES string of the molecule is CCCN(CCC)C(=O)C1=Cc2ccc(-c3ccc4c(=O)n(CCP(=O)(OCC)OCC)ncc4c3)cc2N=C(N)C1. The normalized spacial score (nSPS) is 13.3. The van der Waals surface area contributed by atoms with Crippen molar-refractivity contribution in [1.29, 1.82) is 0 Å². The van der Waals surface area contributed by atoms with E-state index in [1.165, 1.54) is 4.68 Å². The van der Waals surface area contributed by atoms with Crippen LogP contribution in [-0.2, 0) is 25.0 Å². The van der Waals surface area contributed by atoms with Crippen LogP contribution in [-0.4, -0.2) is 58.9 Å². The highest BCUT2D eigenvalue weighted by Crippen LogP contribution is 2.47. The van der Waals surface area contributed by atoms with E-state index in [1.54, 1.807) is 26.1 Å². The molecule has 0 saturated heterocycles. The Kier molecular flexibility index (Phi) is 10.5. The van der Waals surface area contributed by atoms with Crippen molar-refractivity contribution < 1.29 is 18.4 Å². The maximum absolute atomic E-state index is 13.3. The lowest BCUT2D eigenvalue weighted by Crippen LogP contribution is -2.34. The topological polar surface area (TPSA) is 129 Å². The molecular formula is C31H40N5O5P. The zero-order chi connectivity index (χ0) is 30.3. The highest BCUT2D eigenvalue weighted by Gasteiger charge is 2.24. The third-order valence-corrected chi connectivity index (χ3v) is 9.02. The van der Waals surface area contributed by atoms with E-state index in [0.29, 0.717) is 47.4 Å². The standard InChI is InChI=1S/C31H40N5O5P/c1-5-13-35(14-6-2)30(37)25-18-24-10-9-23(19-28(24)34-29(32)20-25)22-11-12-27-26(17-22)21-33-36(31(27)38)15-16-42(39,40-7-3)41-8-4/h9-12,17-19,21H,5-8,13-16,20H2,1-4H3,(H2,32,34). The number of benzene rings is 2. The number of aromatic nitrogens is 2. The van der Waals surface area contributed by atoms with Gasteiger partial charge in [0.15, 0.2) is 0 Å². The molecule has 0 bridgehead atoms. The van der Waals surface area contributed by atoms with Gasteiger partial charge in [0.25, 0.3) is 5.56 Å². The van der Waals surface area contributed by atoms with Gasteiger partial charge in [0.1, 0.15) is 5.84 Å². The van der Waals surface area contributed by atoms with Gasteiger partial charge in [-0.15, -0.1) is 0 Å². The summed E-state index contributed by atoms with van der Waals surface area (Å²) in [6.07, 6.45) is 5.66. The first-order valence-corrected chi connectivity index (χ1v) is 16.3. The first-order chi connectivity index (χ1) is 20.2. The first kappa shape index (κ1) is 31.3. The Labute approximate surface area is 246 Å². The summed E-state index contributed by atoms with van der Waals surface area (Å²) in [5.41, 5.74) is 9.92. The monoisotopic (exact) mass is 593 g/mol. The van der Waals surface area contributed by atoms with Crippen molar-refractivity contribution in [2.24, 2.45) is 10.7 Å². The Hall–Kier alpha value is -3.59. The predicted molar refractivity (Wildman–Crippen MR) is 168 cm³/mol. The molecule has 0 fully saturated rings. The average Bonchev–Trinajstić information content (AvgIpc) is 3.14. The summed E-state index contributed by atoms with van der Waals surface area (Å²) >= 11 is 0. The van der Waals surface area contributed by atoms with Crippen molar-refractivity contribution in [2.45, 2.75) is 53.5 Å². The van der Waals surface area contributed by atoms with E-state index < -0.39 is 7.60 Å². The number of carbonyl (C=O) groups excluding carboxylic acids is 1. The fourth-order valence-electron chi connectivity index (χ4n) is 5.07. The third-order valence-electron chi connectivity index (χ3n) is 6.97. The third kappa shape index (κ3) is 7.24. The fraction of sp³-hybridized carbons (Fsp3) is 0.419. The summed E-state index contributed by atoms with van der Waals surface area (Å²) < 4.78 is 24.8. The maximum atomic E-state index is 13.3. The summed E-state index contributed by atoms with van der Waals surface area (Å²) in [7, 11) is -3.30. The van der Waals surface area contributed by atoms with Gasteiger partial charge in [-0.05, 0) is 62.1 Å². The summed E-state index contributed by atoms with van der Waals surface area (Å²) in [6, 6.07) is 11.4. The van der Waals surface area contributed by atoms with Crippen molar-refractivity contribution >= 4 is 41.9 Å². The molecule has 1 aromatic heterocycles. The zero-order valence-electron chi connectivity index (χ0n) is 24.8. The van der Waals surface area contributed by atoms with Gasteiger partial charge < -0.3 is 19.7 Å². The minimum absolute atomic E-state index is 0.0000532. The number of amides is 1. The van der Waals surface area contributed by atoms with Crippen molar-refractivity contribution in [2.75, 3.05) is 32.5 Å². The van der Waals surface area contributed by atoms with Crippen LogP contribution in [0, 0.1) is 0 Å². The van der Waals surface area contributed by atoms with Crippen LogP contribution in [0.15, 0.2) is 58.0 Å². The highest BCUT2D eigenvalue weighted by atomic mass is 31.2. The first-order valence-electron chi connectivity index (χ1n) is 14.6. The van der Waals surface area contributed by atoms with Crippen LogP contribution in [0.4, 0.5) is 5.69 Å². The minimum Gasteiger partial charge on any atom is -0.387 e. The molecule has 2 heterocycles. The molecule has 0 spiro atoms. The number of aryl methyl sites for hydroxylation is 1. The van der Waals surface area contributed by atoms with Crippen molar-refractivity contribution in [3.05, 3.63) is 64.1 Å². The number of hydrogen-bond acceptors (Lipinski definition) is 8. The predicted octanol–water partition coefficient (Wildman–Crippen LogP) is 5.75. The van der Waals surface area contributed by atoms with Crippen molar-refractivity contribution in [3.63, 3.8) is 0 Å². The molecule has 0 radical (unpaired) electrons. The number of hydrogen-bond donors (Lipinski definition) is 1. The number of amidine groups is 1. The van der Waals surface area contributed by atoms with Crippen LogP contribution in [0.25, 0.3) is 28.0 Å². The smallest absolute Gasteiger partial charge is 0.332 e. The van der Waals surface area contributed by atoms with Crippen LogP contribution in [0.5, 0.6) is 0 Å². The van der Waals surface area contributed by atoms with Crippen LogP contribution in [0.2, 0.25) is 0 Å². The lowest BCUT2D eigenvalue weighted by atomic mass is 9.99. The molecule has 1 aliphatic rings. The Balaban J connectivity index is 1.61. The van der Waals surface area contributed by atoms with Crippen molar-refractivity contribution in [3.8, 4) is 11.1 Å². The molecule has 4 rings (SSSR count). The average molecular weight is 594 g/mol. The Morgan fingerprint density at radius 1 is 1.02 bits per heavy atom. The second-order valence-corrected chi connectivity index (χ2v) is 12.3. The molecule has 10 nitrogen and oxygen atoms in total. The maximum Gasteiger partial charge on any atom is 0.332 e. The van der Waals surface area contributed by atoms with Gasteiger partial charge in [-0.2, -0.15) is 5.10 Å². The quantitative estimate of drug-likeness (QED) is 0.250. The lowest BCUT2D eigenvalue weighted by molar-refractivity contribution is -0.127. The minimum atomic E-state index is -3.30. The van der Waals surface area contributed by atoms with Crippen LogP contribution >= 0.6 is 7.60 Å². The molecule has 1 amide bonds. The molecule has 2 N–H and O–H groups in total. The van der Waals surface area contributed by atoms with E-state index in [9.17, 15) is 14.2 Å². The zero-order valence-corrected chi connectivity index (χ0v) is 25.7. The second kappa shape index (κ2) is 14.1. The van der Waals surface area contributed by atoms with E-state index in [4.69, 9.17) is 14.8 Å². The molecule has 2 aromatic carbocycles. The van der Waals surface area contributed by atoms with Crippen LogP contribution in [0.3, 0.4) is 0 Å². The molecule has 0 aliphatic carbocycles. The Morgan fingerprint density at radius 3 is 2.36 bits per heavy atom. The molecule has 42 heavy (non-hydrogen) atoms. The molecular weight excluding hydrogens is 553 g/mol. The van der Waals surface area contributed by atoms with Gasteiger partial charge in [0.05, 0.1) is 43.2 Å². The lowest BCUT2D eigenvalue weighted by Gasteiger charge is -2.22. The summed E-state index contributed by atoms with van der Waals surface area (Å²) in [4.78, 5) is 32.9. The molecule has 0 unspecified atom stereocenters. The molecule has 0 saturated carbocycles. The molecule has 1 aliphatic heterocycles. The van der Waals surface area contributed by atoms with Gasteiger partial charge in [-0.25, -0.2) is 9.67 Å². The summed E-state index contributed by atoms with van der Waals surface area (Å²) in [5, 5.41) is 5.50. The van der Waals surface area contributed by atoms with E-state index >= 15 is 0 Å². The van der Waals surface area contributed by atoms with Gasteiger partial charge >= 0.3 is 7.60 Å². The number of aliphatic imine (C=N–C) groups is 1. The fourth-order valence-corrected chi connectivity index (χ4v) is 6.62. The van der Waals surface area contributed by atoms with E-state index in [-0.39, 0.29) is 37.4 Å². The molecule has 0 atom stereocenters. The highest BCUT2D eigenvalue weighted by molar-refractivity contribution is 7.53. The van der Waals surface area contributed by atoms with Gasteiger partial charge in [0.2, 0.25) is 5.91 Å². The number of rotatable bonds is 13. The van der Waals surface area contributed by atoms with Crippen LogP contribution in [0.1, 0.15) is 52.5 Å². The number of nitrogens with zero attached hydrogens (tertiary/aromatic N) is 4. The van der Waals surface area contributed by atoms with Crippen molar-refractivity contribution in [1.82, 2.24) is 14.7 Å². The second-order valence-electron chi connectivity index (χ2n) is 10.2. The number of fused-ring (bicyclic) bond motifs is 2. The summed E-state index contributed by atoms with van der Waals surface area (Å²) in [5.74, 6) is 0.389. The van der Waals surface area contributed by atoms with E-state index in [2.05, 4.69) is 23.9 Å². The molecule has 3 aromatic rings. The van der Waals surface area contributed by atoms with Gasteiger partial charge in [-0.3, -0.25) is 14.2 Å². The molecule has 224 valence electrons. The van der Waals surface area contributed by atoms with Gasteiger partial charge in [0, 0.05) is 36.0 Å². The number of carbonyl (C=O) groups is 1. The Bertz CT molecular complexity index is 1600.